The molecule has 0 aromatic carbocycles. The Bertz CT molecular complexity index is 431. The number of nitrogen functional groups attached to an aromatic ring is 1. The first-order valence-electron chi connectivity index (χ1n) is 6.68. The van der Waals surface area contributed by atoms with Crippen molar-refractivity contribution in [2.24, 2.45) is 0 Å². The summed E-state index contributed by atoms with van der Waals surface area (Å²) < 4.78 is 10.8. The molecule has 0 amide bonds. The Kier molecular flexibility index (Phi) is 4.42. The first-order valence-corrected chi connectivity index (χ1v) is 6.68. The van der Waals surface area contributed by atoms with Crippen molar-refractivity contribution in [3.05, 3.63) is 5.82 Å². The molecule has 1 aromatic heterocycles. The minimum absolute atomic E-state index is 0.220. The average molecular weight is 266 g/mol. The van der Waals surface area contributed by atoms with Crippen LogP contribution in [0.25, 0.3) is 0 Å². The molecule has 1 aliphatic rings. The fourth-order valence-corrected chi connectivity index (χ4v) is 2.03. The van der Waals surface area contributed by atoms with Gasteiger partial charge in [0.25, 0.3) is 0 Å². The van der Waals surface area contributed by atoms with Crippen LogP contribution >= 0.6 is 0 Å². The van der Waals surface area contributed by atoms with E-state index in [2.05, 4.69) is 15.3 Å². The van der Waals surface area contributed by atoms with Gasteiger partial charge < -0.3 is 20.5 Å². The highest BCUT2D eigenvalue weighted by atomic mass is 16.5. The van der Waals surface area contributed by atoms with Gasteiger partial charge in [0.1, 0.15) is 11.5 Å². The molecule has 6 heteroatoms. The lowest BCUT2D eigenvalue weighted by atomic mass is 10.2. The van der Waals surface area contributed by atoms with Crippen molar-refractivity contribution in [2.45, 2.75) is 38.7 Å². The molecule has 1 saturated heterocycles. The summed E-state index contributed by atoms with van der Waals surface area (Å²) in [5, 5.41) is 3.24. The fraction of sp³-hybridized carbons (Fsp3) is 0.692. The van der Waals surface area contributed by atoms with Gasteiger partial charge in [0, 0.05) is 19.1 Å². The molecule has 0 bridgehead atoms. The van der Waals surface area contributed by atoms with Crippen LogP contribution in [0.15, 0.2) is 0 Å². The summed E-state index contributed by atoms with van der Waals surface area (Å²) in [6.45, 7) is 5.62. The molecule has 19 heavy (non-hydrogen) atoms. The van der Waals surface area contributed by atoms with Gasteiger partial charge in [-0.2, -0.15) is 4.98 Å². The summed E-state index contributed by atoms with van der Waals surface area (Å²) in [5.74, 6) is 2.00. The second-order valence-corrected chi connectivity index (χ2v) is 5.02. The number of anilines is 2. The summed E-state index contributed by atoms with van der Waals surface area (Å²) in [4.78, 5) is 8.76. The molecule has 1 aliphatic heterocycles. The Balaban J connectivity index is 2.14. The first-order chi connectivity index (χ1) is 9.11. The van der Waals surface area contributed by atoms with E-state index in [1.165, 1.54) is 0 Å². The topological polar surface area (TPSA) is 82.3 Å². The van der Waals surface area contributed by atoms with Crippen molar-refractivity contribution in [1.82, 2.24) is 9.97 Å². The minimum atomic E-state index is 0.220. The molecule has 1 fully saturated rings. The lowest BCUT2D eigenvalue weighted by Gasteiger charge is -2.16. The molecule has 1 unspecified atom stereocenters. The highest BCUT2D eigenvalue weighted by Crippen LogP contribution is 2.28. The van der Waals surface area contributed by atoms with Gasteiger partial charge in [-0.25, -0.2) is 4.98 Å². The predicted octanol–water partition coefficient (Wildman–Crippen LogP) is 1.78. The number of aromatic nitrogens is 2. The van der Waals surface area contributed by atoms with E-state index in [9.17, 15) is 0 Å². The number of nitrogens with two attached hydrogens (primary N) is 1. The zero-order chi connectivity index (χ0) is 13.8. The standard InChI is InChI=1S/C13H22N4O2/c1-8(2)11-16-12(10(14)13(17-11)18-3)15-7-9-5-4-6-19-9/h8-9H,4-7,14H2,1-3H3,(H,15,16,17). The number of methoxy groups -OCH3 is 1. The van der Waals surface area contributed by atoms with E-state index in [1.54, 1.807) is 7.11 Å². The second kappa shape index (κ2) is 6.06. The molecule has 0 radical (unpaired) electrons. The number of rotatable bonds is 5. The quantitative estimate of drug-likeness (QED) is 0.845. The monoisotopic (exact) mass is 266 g/mol. The summed E-state index contributed by atoms with van der Waals surface area (Å²) in [6.07, 6.45) is 2.43. The van der Waals surface area contributed by atoms with Crippen molar-refractivity contribution < 1.29 is 9.47 Å². The third kappa shape index (κ3) is 3.26. The molecule has 2 rings (SSSR count). The Morgan fingerprint density at radius 1 is 1.47 bits per heavy atom. The number of ether oxygens (including phenoxy) is 2. The molecule has 1 aromatic rings. The Morgan fingerprint density at radius 2 is 2.26 bits per heavy atom. The van der Waals surface area contributed by atoms with Gasteiger partial charge >= 0.3 is 0 Å². The normalized spacial score (nSPS) is 18.8. The molecule has 6 nitrogen and oxygen atoms in total. The number of nitrogens with one attached hydrogen (secondary N) is 1. The zero-order valence-corrected chi connectivity index (χ0v) is 11.8. The molecule has 2 heterocycles. The first kappa shape index (κ1) is 13.9. The summed E-state index contributed by atoms with van der Waals surface area (Å²) in [7, 11) is 1.56. The Hall–Kier alpha value is -1.56. The van der Waals surface area contributed by atoms with E-state index in [1.807, 2.05) is 13.8 Å². The van der Waals surface area contributed by atoms with Crippen LogP contribution in [0.3, 0.4) is 0 Å². The van der Waals surface area contributed by atoms with Crippen LogP contribution < -0.4 is 15.8 Å². The van der Waals surface area contributed by atoms with Crippen LogP contribution in [-0.2, 0) is 4.74 Å². The summed E-state index contributed by atoms with van der Waals surface area (Å²) >= 11 is 0. The molecular formula is C13H22N4O2. The van der Waals surface area contributed by atoms with Gasteiger partial charge in [-0.1, -0.05) is 13.8 Å². The zero-order valence-electron chi connectivity index (χ0n) is 11.8. The van der Waals surface area contributed by atoms with E-state index < -0.39 is 0 Å². The number of nitrogens with zero attached hydrogens (tertiary/aromatic N) is 2. The van der Waals surface area contributed by atoms with Gasteiger partial charge in [0.05, 0.1) is 13.2 Å². The van der Waals surface area contributed by atoms with Crippen LogP contribution in [0.2, 0.25) is 0 Å². The van der Waals surface area contributed by atoms with E-state index in [0.717, 1.165) is 25.3 Å². The van der Waals surface area contributed by atoms with Crippen molar-refractivity contribution in [3.63, 3.8) is 0 Å². The lowest BCUT2D eigenvalue weighted by Crippen LogP contribution is -2.20. The minimum Gasteiger partial charge on any atom is -0.479 e. The van der Waals surface area contributed by atoms with Crippen LogP contribution in [0, 0.1) is 0 Å². The van der Waals surface area contributed by atoms with E-state index in [4.69, 9.17) is 15.2 Å². The third-order valence-corrected chi connectivity index (χ3v) is 3.16. The van der Waals surface area contributed by atoms with Gasteiger partial charge in [-0.15, -0.1) is 0 Å². The van der Waals surface area contributed by atoms with E-state index in [0.29, 0.717) is 23.9 Å². The average Bonchev–Trinajstić information content (AvgIpc) is 2.90. The number of hydrogen-bond acceptors (Lipinski definition) is 6. The molecule has 0 spiro atoms. The Morgan fingerprint density at radius 3 is 2.84 bits per heavy atom. The second-order valence-electron chi connectivity index (χ2n) is 5.02. The van der Waals surface area contributed by atoms with Crippen molar-refractivity contribution >= 4 is 11.5 Å². The molecule has 3 N–H and O–H groups in total. The summed E-state index contributed by atoms with van der Waals surface area (Å²) in [6, 6.07) is 0. The van der Waals surface area contributed by atoms with Crippen LogP contribution in [0.4, 0.5) is 11.5 Å². The highest BCUT2D eigenvalue weighted by Gasteiger charge is 2.18. The van der Waals surface area contributed by atoms with Crippen molar-refractivity contribution in [2.75, 3.05) is 31.3 Å². The molecule has 1 atom stereocenters. The van der Waals surface area contributed by atoms with Crippen LogP contribution in [0.1, 0.15) is 38.4 Å². The third-order valence-electron chi connectivity index (χ3n) is 3.16. The molecular weight excluding hydrogens is 244 g/mol. The van der Waals surface area contributed by atoms with Crippen molar-refractivity contribution in [3.8, 4) is 5.88 Å². The van der Waals surface area contributed by atoms with E-state index in [-0.39, 0.29) is 12.0 Å². The highest BCUT2D eigenvalue weighted by molar-refractivity contribution is 5.67. The van der Waals surface area contributed by atoms with Gasteiger partial charge in [-0.05, 0) is 12.8 Å². The fourth-order valence-electron chi connectivity index (χ4n) is 2.03. The largest absolute Gasteiger partial charge is 0.479 e. The van der Waals surface area contributed by atoms with E-state index >= 15 is 0 Å². The lowest BCUT2D eigenvalue weighted by molar-refractivity contribution is 0.120. The van der Waals surface area contributed by atoms with Gasteiger partial charge in [0.2, 0.25) is 5.88 Å². The molecule has 106 valence electrons. The van der Waals surface area contributed by atoms with Gasteiger partial charge in [-0.3, -0.25) is 0 Å². The molecule has 0 aliphatic carbocycles. The van der Waals surface area contributed by atoms with Gasteiger partial charge in [0.15, 0.2) is 5.82 Å². The number of hydrogen-bond donors (Lipinski definition) is 2. The summed E-state index contributed by atoms with van der Waals surface area (Å²) in [5.41, 5.74) is 6.44. The maximum atomic E-state index is 5.99. The smallest absolute Gasteiger partial charge is 0.242 e. The maximum absolute atomic E-state index is 5.99. The predicted molar refractivity (Wildman–Crippen MR) is 74.5 cm³/mol. The Labute approximate surface area is 113 Å². The maximum Gasteiger partial charge on any atom is 0.242 e. The van der Waals surface area contributed by atoms with Crippen LogP contribution in [-0.4, -0.2) is 36.3 Å². The van der Waals surface area contributed by atoms with Crippen molar-refractivity contribution in [1.29, 1.82) is 0 Å². The van der Waals surface area contributed by atoms with Crippen LogP contribution in [0.5, 0.6) is 5.88 Å². The molecule has 0 saturated carbocycles. The SMILES string of the molecule is COc1nc(C(C)C)nc(NCC2CCCO2)c1N.